The molecule has 0 unspecified atom stereocenters. The van der Waals surface area contributed by atoms with Crippen LogP contribution in [0.25, 0.3) is 0 Å². The molecular formula is C13H19NO4. The Hall–Kier alpha value is -1.75. The van der Waals surface area contributed by atoms with E-state index in [2.05, 4.69) is 5.32 Å². The van der Waals surface area contributed by atoms with Gasteiger partial charge in [-0.2, -0.15) is 0 Å². The van der Waals surface area contributed by atoms with Crippen molar-refractivity contribution >= 4 is 5.91 Å². The van der Waals surface area contributed by atoms with Crippen LogP contribution in [-0.4, -0.2) is 31.8 Å². The van der Waals surface area contributed by atoms with Gasteiger partial charge in [-0.3, -0.25) is 4.79 Å². The van der Waals surface area contributed by atoms with Crippen LogP contribution in [0.4, 0.5) is 0 Å². The highest BCUT2D eigenvalue weighted by Crippen LogP contribution is 2.28. The molecule has 0 fully saturated rings. The predicted octanol–water partition coefficient (Wildman–Crippen LogP) is 1.01. The first-order chi connectivity index (χ1) is 8.62. The lowest BCUT2D eigenvalue weighted by atomic mass is 10.1. The topological polar surface area (TPSA) is 67.8 Å². The second-order valence-electron chi connectivity index (χ2n) is 3.88. The fourth-order valence-corrected chi connectivity index (χ4v) is 1.64. The highest BCUT2D eigenvalue weighted by Gasteiger charge is 2.09. The van der Waals surface area contributed by atoms with Gasteiger partial charge in [0.2, 0.25) is 5.91 Å². The lowest BCUT2D eigenvalue weighted by Gasteiger charge is -2.13. The molecule has 0 radical (unpaired) electrons. The van der Waals surface area contributed by atoms with E-state index >= 15 is 0 Å². The maximum Gasteiger partial charge on any atom is 0.222 e. The molecule has 1 rings (SSSR count). The highest BCUT2D eigenvalue weighted by molar-refractivity contribution is 5.76. The summed E-state index contributed by atoms with van der Waals surface area (Å²) in [6, 6.07) is 3.71. The third-order valence-electron chi connectivity index (χ3n) is 2.61. The molecule has 100 valence electrons. The lowest BCUT2D eigenvalue weighted by molar-refractivity contribution is -0.121. The van der Waals surface area contributed by atoms with E-state index in [9.17, 15) is 4.79 Å². The number of methoxy groups -OCH3 is 2. The average Bonchev–Trinajstić information content (AvgIpc) is 2.37. The van der Waals surface area contributed by atoms with E-state index in [1.165, 1.54) is 0 Å². The second kappa shape index (κ2) is 6.86. The molecule has 0 spiro atoms. The Bertz CT molecular complexity index is 418. The fraction of sp³-hybridized carbons (Fsp3) is 0.462. The van der Waals surface area contributed by atoms with Crippen molar-refractivity contribution in [3.05, 3.63) is 23.3 Å². The summed E-state index contributed by atoms with van der Waals surface area (Å²) in [5.74, 6) is 1.26. The van der Waals surface area contributed by atoms with Gasteiger partial charge >= 0.3 is 0 Å². The summed E-state index contributed by atoms with van der Waals surface area (Å²) in [7, 11) is 3.18. The number of aryl methyl sites for hydroxylation is 1. The second-order valence-corrected chi connectivity index (χ2v) is 3.88. The van der Waals surface area contributed by atoms with Crippen molar-refractivity contribution in [1.29, 1.82) is 0 Å². The average molecular weight is 253 g/mol. The first kappa shape index (κ1) is 14.3. The Morgan fingerprint density at radius 3 is 2.50 bits per heavy atom. The van der Waals surface area contributed by atoms with E-state index in [4.69, 9.17) is 14.6 Å². The van der Waals surface area contributed by atoms with Crippen LogP contribution in [-0.2, 0) is 11.3 Å². The minimum absolute atomic E-state index is 0.102. The van der Waals surface area contributed by atoms with Gasteiger partial charge in [0, 0.05) is 18.5 Å². The van der Waals surface area contributed by atoms with Crippen LogP contribution in [0.3, 0.4) is 0 Å². The van der Waals surface area contributed by atoms with E-state index in [0.29, 0.717) is 12.3 Å². The lowest BCUT2D eigenvalue weighted by Crippen LogP contribution is -2.23. The number of carbonyl (C=O) groups excluding carboxylic acids is 1. The number of carbonyl (C=O) groups is 1. The molecular weight excluding hydrogens is 234 g/mol. The van der Waals surface area contributed by atoms with Crippen LogP contribution in [0.1, 0.15) is 17.5 Å². The maximum atomic E-state index is 11.3. The van der Waals surface area contributed by atoms with Gasteiger partial charge in [-0.1, -0.05) is 0 Å². The van der Waals surface area contributed by atoms with Crippen LogP contribution in [0.5, 0.6) is 11.5 Å². The minimum atomic E-state index is -0.195. The number of benzene rings is 1. The summed E-state index contributed by atoms with van der Waals surface area (Å²) in [4.78, 5) is 11.3. The van der Waals surface area contributed by atoms with Gasteiger partial charge in [-0.15, -0.1) is 0 Å². The van der Waals surface area contributed by atoms with Crippen molar-refractivity contribution in [2.75, 3.05) is 20.8 Å². The van der Waals surface area contributed by atoms with Gasteiger partial charge in [-0.25, -0.2) is 0 Å². The van der Waals surface area contributed by atoms with Crippen molar-refractivity contribution in [3.8, 4) is 11.5 Å². The Morgan fingerprint density at radius 2 is 1.94 bits per heavy atom. The van der Waals surface area contributed by atoms with E-state index in [-0.39, 0.29) is 18.9 Å². The van der Waals surface area contributed by atoms with Crippen LogP contribution < -0.4 is 14.8 Å². The molecule has 0 aliphatic carbocycles. The van der Waals surface area contributed by atoms with E-state index < -0.39 is 0 Å². The molecule has 0 aromatic heterocycles. The zero-order valence-electron chi connectivity index (χ0n) is 10.9. The highest BCUT2D eigenvalue weighted by atomic mass is 16.5. The zero-order chi connectivity index (χ0) is 13.5. The summed E-state index contributed by atoms with van der Waals surface area (Å²) in [5.41, 5.74) is 1.81. The molecule has 0 aliphatic heterocycles. The quantitative estimate of drug-likeness (QED) is 0.794. The third-order valence-corrected chi connectivity index (χ3v) is 2.61. The smallest absolute Gasteiger partial charge is 0.222 e. The summed E-state index contributed by atoms with van der Waals surface area (Å²) in [5, 5.41) is 11.4. The Kier molecular flexibility index (Phi) is 5.45. The van der Waals surface area contributed by atoms with Crippen LogP contribution >= 0.6 is 0 Å². The normalized spacial score (nSPS) is 10.0. The SMILES string of the molecule is COc1cc(CNC(=O)CCO)c(OC)cc1C. The Balaban J connectivity index is 2.83. The molecule has 1 aromatic rings. The van der Waals surface area contributed by atoms with Crippen molar-refractivity contribution in [3.63, 3.8) is 0 Å². The summed E-state index contributed by atoms with van der Waals surface area (Å²) >= 11 is 0. The van der Waals surface area contributed by atoms with Gasteiger partial charge < -0.3 is 19.9 Å². The third kappa shape index (κ3) is 3.63. The number of ether oxygens (including phenoxy) is 2. The Labute approximate surface area is 107 Å². The summed E-state index contributed by atoms with van der Waals surface area (Å²) < 4.78 is 10.5. The predicted molar refractivity (Wildman–Crippen MR) is 67.8 cm³/mol. The molecule has 5 heteroatoms. The maximum absolute atomic E-state index is 11.3. The number of amides is 1. The van der Waals surface area contributed by atoms with Crippen molar-refractivity contribution in [2.24, 2.45) is 0 Å². The molecule has 0 saturated heterocycles. The van der Waals surface area contributed by atoms with Crippen molar-refractivity contribution in [1.82, 2.24) is 5.32 Å². The molecule has 5 nitrogen and oxygen atoms in total. The van der Waals surface area contributed by atoms with Gasteiger partial charge in [0.25, 0.3) is 0 Å². The number of hydrogen-bond donors (Lipinski definition) is 2. The van der Waals surface area contributed by atoms with Crippen molar-refractivity contribution < 1.29 is 19.4 Å². The van der Waals surface area contributed by atoms with Gasteiger partial charge in [0.15, 0.2) is 0 Å². The van der Waals surface area contributed by atoms with E-state index in [0.717, 1.165) is 16.9 Å². The van der Waals surface area contributed by atoms with Crippen LogP contribution in [0.2, 0.25) is 0 Å². The molecule has 0 bridgehead atoms. The van der Waals surface area contributed by atoms with E-state index in [1.807, 2.05) is 19.1 Å². The molecule has 0 heterocycles. The zero-order valence-corrected chi connectivity index (χ0v) is 10.9. The summed E-state index contributed by atoms with van der Waals surface area (Å²) in [6.07, 6.45) is 0.102. The molecule has 1 aromatic carbocycles. The standard InChI is InChI=1S/C13H19NO4/c1-9-6-12(18-3)10(7-11(9)17-2)8-14-13(16)4-5-15/h6-7,15H,4-5,8H2,1-3H3,(H,14,16). The van der Waals surface area contributed by atoms with Crippen molar-refractivity contribution in [2.45, 2.75) is 19.9 Å². The monoisotopic (exact) mass is 253 g/mol. The van der Waals surface area contributed by atoms with E-state index in [1.54, 1.807) is 14.2 Å². The minimum Gasteiger partial charge on any atom is -0.496 e. The number of hydrogen-bond acceptors (Lipinski definition) is 4. The largest absolute Gasteiger partial charge is 0.496 e. The fourth-order valence-electron chi connectivity index (χ4n) is 1.64. The number of aliphatic hydroxyl groups excluding tert-OH is 1. The molecule has 0 saturated carbocycles. The number of aliphatic hydroxyl groups is 1. The molecule has 18 heavy (non-hydrogen) atoms. The van der Waals surface area contributed by atoms with Gasteiger partial charge in [-0.05, 0) is 24.6 Å². The first-order valence-electron chi connectivity index (χ1n) is 5.71. The van der Waals surface area contributed by atoms with Crippen LogP contribution in [0.15, 0.2) is 12.1 Å². The first-order valence-corrected chi connectivity index (χ1v) is 5.71. The Morgan fingerprint density at radius 1 is 1.28 bits per heavy atom. The van der Waals surface area contributed by atoms with Crippen LogP contribution in [0, 0.1) is 6.92 Å². The number of nitrogens with one attached hydrogen (secondary N) is 1. The molecule has 0 atom stereocenters. The molecule has 0 aliphatic rings. The number of rotatable bonds is 6. The molecule has 2 N–H and O–H groups in total. The summed E-state index contributed by atoms with van der Waals surface area (Å²) in [6.45, 7) is 2.12. The molecule has 1 amide bonds. The van der Waals surface area contributed by atoms with Gasteiger partial charge in [0.05, 0.1) is 20.8 Å². The van der Waals surface area contributed by atoms with Gasteiger partial charge in [0.1, 0.15) is 11.5 Å².